The van der Waals surface area contributed by atoms with Crippen LogP contribution in [0.3, 0.4) is 0 Å². The van der Waals surface area contributed by atoms with E-state index in [-0.39, 0.29) is 0 Å². The molecule has 1 aliphatic rings. The van der Waals surface area contributed by atoms with E-state index >= 15 is 0 Å². The van der Waals surface area contributed by atoms with Crippen LogP contribution in [0.25, 0.3) is 0 Å². The van der Waals surface area contributed by atoms with Crippen LogP contribution in [0.15, 0.2) is 46.0 Å². The smallest absolute Gasteiger partial charge is 0.191 e. The van der Waals surface area contributed by atoms with Crippen LogP contribution in [-0.4, -0.2) is 19.1 Å². The fourth-order valence-electron chi connectivity index (χ4n) is 3.09. The zero-order valence-electron chi connectivity index (χ0n) is 15.0. The van der Waals surface area contributed by atoms with Crippen molar-refractivity contribution in [3.63, 3.8) is 0 Å². The zero-order chi connectivity index (χ0) is 17.5. The summed E-state index contributed by atoms with van der Waals surface area (Å²) in [5.41, 5.74) is 2.37. The molecule has 0 bridgehead atoms. The highest BCUT2D eigenvalue weighted by Gasteiger charge is 2.18. The quantitative estimate of drug-likeness (QED) is 0.620. The molecule has 3 rings (SSSR count). The molecule has 0 saturated heterocycles. The number of benzene rings is 1. The van der Waals surface area contributed by atoms with Crippen molar-refractivity contribution < 1.29 is 9.15 Å². The highest BCUT2D eigenvalue weighted by Crippen LogP contribution is 2.27. The third kappa shape index (κ3) is 5.02. The molecule has 1 aliphatic carbocycles. The number of furan rings is 1. The molecular weight excluding hydrogens is 314 g/mol. The molecule has 5 heteroatoms. The van der Waals surface area contributed by atoms with Gasteiger partial charge in [-0.3, -0.25) is 4.99 Å². The van der Waals surface area contributed by atoms with E-state index in [9.17, 15) is 0 Å². The number of rotatable bonds is 6. The summed E-state index contributed by atoms with van der Waals surface area (Å²) in [5.74, 6) is 2.60. The Bertz CT molecular complexity index is 689. The molecule has 0 spiro atoms. The van der Waals surface area contributed by atoms with Crippen LogP contribution in [0.4, 0.5) is 0 Å². The lowest BCUT2D eigenvalue weighted by atomic mass is 10.1. The lowest BCUT2D eigenvalue weighted by molar-refractivity contribution is 0.207. The Morgan fingerprint density at radius 1 is 1.20 bits per heavy atom. The van der Waals surface area contributed by atoms with Gasteiger partial charge in [-0.15, -0.1) is 0 Å². The summed E-state index contributed by atoms with van der Waals surface area (Å²) in [6.07, 6.45) is 6.89. The first kappa shape index (κ1) is 17.4. The molecule has 1 aromatic carbocycles. The van der Waals surface area contributed by atoms with Gasteiger partial charge in [0, 0.05) is 19.2 Å². The standard InChI is InChI=1S/C20H27N3O2/c1-15-9-10-16(19(12-15)25-17-6-3-4-7-17)13-22-20(21-2)23-14-18-8-5-11-24-18/h5,8-12,17H,3-4,6-7,13-14H2,1-2H3,(H2,21,22,23). The van der Waals surface area contributed by atoms with E-state index in [1.807, 2.05) is 12.1 Å². The number of nitrogens with zero attached hydrogens (tertiary/aromatic N) is 1. The number of guanidine groups is 1. The third-order valence-corrected chi connectivity index (χ3v) is 4.50. The lowest BCUT2D eigenvalue weighted by Crippen LogP contribution is -2.36. The maximum atomic E-state index is 6.26. The van der Waals surface area contributed by atoms with Gasteiger partial charge in [0.1, 0.15) is 11.5 Å². The number of aliphatic imine (C=N–C) groups is 1. The molecule has 134 valence electrons. The van der Waals surface area contributed by atoms with Crippen molar-refractivity contribution in [2.24, 2.45) is 4.99 Å². The van der Waals surface area contributed by atoms with Gasteiger partial charge in [0.15, 0.2) is 5.96 Å². The van der Waals surface area contributed by atoms with Crippen molar-refractivity contribution in [1.82, 2.24) is 10.6 Å². The first-order valence-electron chi connectivity index (χ1n) is 8.97. The third-order valence-electron chi connectivity index (χ3n) is 4.50. The molecule has 2 N–H and O–H groups in total. The first-order chi connectivity index (χ1) is 12.2. The van der Waals surface area contributed by atoms with E-state index in [4.69, 9.17) is 9.15 Å². The molecule has 5 nitrogen and oxygen atoms in total. The summed E-state index contributed by atoms with van der Waals surface area (Å²) in [6.45, 7) is 3.37. The Balaban J connectivity index is 1.59. The number of hydrogen-bond acceptors (Lipinski definition) is 3. The van der Waals surface area contributed by atoms with E-state index in [0.717, 1.165) is 35.9 Å². The van der Waals surface area contributed by atoms with Crippen LogP contribution in [0.5, 0.6) is 5.75 Å². The highest BCUT2D eigenvalue weighted by atomic mass is 16.5. The summed E-state index contributed by atoms with van der Waals surface area (Å²) in [5, 5.41) is 6.60. The molecular formula is C20H27N3O2. The van der Waals surface area contributed by atoms with E-state index in [0.29, 0.717) is 19.2 Å². The second kappa shape index (κ2) is 8.60. The topological polar surface area (TPSA) is 58.8 Å². The van der Waals surface area contributed by atoms with Gasteiger partial charge < -0.3 is 19.8 Å². The summed E-state index contributed by atoms with van der Waals surface area (Å²) >= 11 is 0. The second-order valence-corrected chi connectivity index (χ2v) is 6.49. The predicted octanol–water partition coefficient (Wildman–Crippen LogP) is 3.77. The van der Waals surface area contributed by atoms with Crippen LogP contribution < -0.4 is 15.4 Å². The minimum atomic E-state index is 0.358. The van der Waals surface area contributed by atoms with Crippen molar-refractivity contribution in [3.05, 3.63) is 53.5 Å². The molecule has 0 atom stereocenters. The Hall–Kier alpha value is -2.43. The van der Waals surface area contributed by atoms with E-state index in [2.05, 4.69) is 40.7 Å². The van der Waals surface area contributed by atoms with Crippen LogP contribution in [0.2, 0.25) is 0 Å². The lowest BCUT2D eigenvalue weighted by Gasteiger charge is -2.18. The van der Waals surface area contributed by atoms with Crippen molar-refractivity contribution >= 4 is 5.96 Å². The van der Waals surface area contributed by atoms with Gasteiger partial charge in [-0.05, 0) is 56.4 Å². The molecule has 0 radical (unpaired) electrons. The summed E-state index contributed by atoms with van der Waals surface area (Å²) in [6, 6.07) is 10.2. The molecule has 0 amide bonds. The largest absolute Gasteiger partial charge is 0.490 e. The fourth-order valence-corrected chi connectivity index (χ4v) is 3.09. The van der Waals surface area contributed by atoms with Crippen LogP contribution >= 0.6 is 0 Å². The zero-order valence-corrected chi connectivity index (χ0v) is 15.0. The summed E-state index contributed by atoms with van der Waals surface area (Å²) in [4.78, 5) is 4.27. The Morgan fingerprint density at radius 3 is 2.72 bits per heavy atom. The van der Waals surface area contributed by atoms with Crippen LogP contribution in [0, 0.1) is 6.92 Å². The molecule has 1 fully saturated rings. The van der Waals surface area contributed by atoms with Gasteiger partial charge in [0.2, 0.25) is 0 Å². The number of nitrogens with one attached hydrogen (secondary N) is 2. The van der Waals surface area contributed by atoms with Gasteiger partial charge in [-0.2, -0.15) is 0 Å². The number of aryl methyl sites for hydroxylation is 1. The minimum Gasteiger partial charge on any atom is -0.490 e. The predicted molar refractivity (Wildman–Crippen MR) is 99.8 cm³/mol. The summed E-state index contributed by atoms with van der Waals surface area (Å²) in [7, 11) is 1.77. The maximum absolute atomic E-state index is 6.26. The molecule has 0 unspecified atom stereocenters. The van der Waals surface area contributed by atoms with Gasteiger partial charge in [0.25, 0.3) is 0 Å². The molecule has 0 aliphatic heterocycles. The van der Waals surface area contributed by atoms with Crippen molar-refractivity contribution in [1.29, 1.82) is 0 Å². The fraction of sp³-hybridized carbons (Fsp3) is 0.450. The van der Waals surface area contributed by atoms with Gasteiger partial charge in [-0.1, -0.05) is 12.1 Å². The second-order valence-electron chi connectivity index (χ2n) is 6.49. The van der Waals surface area contributed by atoms with E-state index < -0.39 is 0 Å². The average Bonchev–Trinajstić information content (AvgIpc) is 3.30. The van der Waals surface area contributed by atoms with E-state index in [1.54, 1.807) is 13.3 Å². The molecule has 1 saturated carbocycles. The van der Waals surface area contributed by atoms with Gasteiger partial charge in [-0.25, -0.2) is 0 Å². The first-order valence-corrected chi connectivity index (χ1v) is 8.97. The Morgan fingerprint density at radius 2 is 2.00 bits per heavy atom. The number of hydrogen-bond donors (Lipinski definition) is 2. The van der Waals surface area contributed by atoms with Crippen LogP contribution in [-0.2, 0) is 13.1 Å². The van der Waals surface area contributed by atoms with Crippen molar-refractivity contribution in [2.75, 3.05) is 7.05 Å². The monoisotopic (exact) mass is 341 g/mol. The normalized spacial score (nSPS) is 15.4. The average molecular weight is 341 g/mol. The SMILES string of the molecule is CN=C(NCc1ccco1)NCc1ccc(C)cc1OC1CCCC1. The van der Waals surface area contributed by atoms with Crippen molar-refractivity contribution in [3.8, 4) is 5.75 Å². The molecule has 1 aromatic heterocycles. The number of ether oxygens (including phenoxy) is 1. The minimum absolute atomic E-state index is 0.358. The Labute approximate surface area is 149 Å². The van der Waals surface area contributed by atoms with Crippen LogP contribution in [0.1, 0.15) is 42.6 Å². The van der Waals surface area contributed by atoms with Gasteiger partial charge in [0.05, 0.1) is 18.9 Å². The summed E-state index contributed by atoms with van der Waals surface area (Å²) < 4.78 is 11.6. The highest BCUT2D eigenvalue weighted by molar-refractivity contribution is 5.79. The maximum Gasteiger partial charge on any atom is 0.191 e. The molecule has 1 heterocycles. The van der Waals surface area contributed by atoms with Crippen molar-refractivity contribution in [2.45, 2.75) is 51.8 Å². The molecule has 25 heavy (non-hydrogen) atoms. The van der Waals surface area contributed by atoms with Gasteiger partial charge >= 0.3 is 0 Å². The molecule has 2 aromatic rings. The van der Waals surface area contributed by atoms with E-state index in [1.165, 1.54) is 18.4 Å². The Kier molecular flexibility index (Phi) is 5.99.